The lowest BCUT2D eigenvalue weighted by molar-refractivity contribution is -0.136. The summed E-state index contributed by atoms with van der Waals surface area (Å²) >= 11 is 0. The van der Waals surface area contributed by atoms with E-state index >= 15 is 0 Å². The Hall–Kier alpha value is -4.39. The average molecular weight is 471 g/mol. The van der Waals surface area contributed by atoms with Gasteiger partial charge < -0.3 is 14.4 Å². The Morgan fingerprint density at radius 2 is 1.49 bits per heavy atom. The molecule has 0 saturated carbocycles. The van der Waals surface area contributed by atoms with Gasteiger partial charge in [0.25, 0.3) is 0 Å². The minimum atomic E-state index is -0.856. The first-order valence-corrected chi connectivity index (χ1v) is 11.2. The van der Waals surface area contributed by atoms with Gasteiger partial charge in [-0.05, 0) is 29.2 Å². The van der Waals surface area contributed by atoms with Crippen molar-refractivity contribution < 1.29 is 24.0 Å². The van der Waals surface area contributed by atoms with Crippen LogP contribution in [0.1, 0.15) is 16.9 Å². The molecule has 7 nitrogen and oxygen atoms in total. The SMILES string of the molecule is Cc1onc(-c2ccc(-c3ccc(CC(=O)O)cc3)cc2)c1N(C)C(=O)OCCc1ccccc1. The van der Waals surface area contributed by atoms with Crippen molar-refractivity contribution in [1.82, 2.24) is 5.16 Å². The molecule has 1 N–H and O–H groups in total. The van der Waals surface area contributed by atoms with Gasteiger partial charge in [0.2, 0.25) is 0 Å². The Bertz CT molecular complexity index is 1300. The highest BCUT2D eigenvalue weighted by atomic mass is 16.6. The van der Waals surface area contributed by atoms with Crippen LogP contribution in [-0.2, 0) is 22.4 Å². The van der Waals surface area contributed by atoms with Crippen LogP contribution in [-0.4, -0.2) is 36.0 Å². The Morgan fingerprint density at radius 3 is 2.11 bits per heavy atom. The number of aromatic nitrogens is 1. The van der Waals surface area contributed by atoms with Crippen LogP contribution in [0, 0.1) is 6.92 Å². The molecule has 0 spiro atoms. The highest BCUT2D eigenvalue weighted by Gasteiger charge is 2.24. The van der Waals surface area contributed by atoms with Crippen molar-refractivity contribution >= 4 is 17.7 Å². The van der Waals surface area contributed by atoms with Gasteiger partial charge in [-0.2, -0.15) is 0 Å². The molecule has 0 saturated heterocycles. The molecule has 0 unspecified atom stereocenters. The fourth-order valence-electron chi connectivity index (χ4n) is 3.85. The number of rotatable bonds is 8. The topological polar surface area (TPSA) is 92.9 Å². The Morgan fingerprint density at radius 1 is 0.886 bits per heavy atom. The van der Waals surface area contributed by atoms with E-state index in [9.17, 15) is 9.59 Å². The van der Waals surface area contributed by atoms with E-state index in [4.69, 9.17) is 14.4 Å². The Balaban J connectivity index is 1.46. The second kappa shape index (κ2) is 10.7. The van der Waals surface area contributed by atoms with E-state index in [2.05, 4.69) is 5.16 Å². The zero-order valence-electron chi connectivity index (χ0n) is 19.6. The number of aliphatic carboxylic acids is 1. The average Bonchev–Trinajstić information content (AvgIpc) is 3.25. The summed E-state index contributed by atoms with van der Waals surface area (Å²) in [7, 11) is 1.64. The zero-order chi connectivity index (χ0) is 24.8. The molecular formula is C28H26N2O5. The molecule has 1 aromatic heterocycles. The molecule has 0 aliphatic carbocycles. The normalized spacial score (nSPS) is 10.7. The molecule has 7 heteroatoms. The number of aryl methyl sites for hydroxylation is 1. The van der Waals surface area contributed by atoms with Gasteiger partial charge >= 0.3 is 12.1 Å². The molecule has 0 bridgehead atoms. The van der Waals surface area contributed by atoms with Crippen molar-refractivity contribution in [3.05, 3.63) is 95.7 Å². The fraction of sp³-hybridized carbons (Fsp3) is 0.179. The number of benzene rings is 3. The van der Waals surface area contributed by atoms with Crippen LogP contribution in [0.25, 0.3) is 22.4 Å². The monoisotopic (exact) mass is 470 g/mol. The molecule has 0 fully saturated rings. The predicted molar refractivity (Wildman–Crippen MR) is 133 cm³/mol. The number of carbonyl (C=O) groups is 2. The van der Waals surface area contributed by atoms with Gasteiger partial charge in [-0.1, -0.05) is 84.0 Å². The highest BCUT2D eigenvalue weighted by molar-refractivity contribution is 5.93. The maximum atomic E-state index is 12.7. The van der Waals surface area contributed by atoms with Crippen LogP contribution in [0.15, 0.2) is 83.4 Å². The lowest BCUT2D eigenvalue weighted by atomic mass is 10.0. The summed E-state index contributed by atoms with van der Waals surface area (Å²) in [4.78, 5) is 25.0. The van der Waals surface area contributed by atoms with Crippen molar-refractivity contribution in [2.24, 2.45) is 0 Å². The van der Waals surface area contributed by atoms with Gasteiger partial charge in [-0.25, -0.2) is 4.79 Å². The Labute approximate surface area is 203 Å². The number of carbonyl (C=O) groups excluding carboxylic acids is 1. The number of ether oxygens (including phenoxy) is 1. The van der Waals surface area contributed by atoms with E-state index in [-0.39, 0.29) is 13.0 Å². The molecule has 0 aliphatic heterocycles. The molecule has 178 valence electrons. The lowest BCUT2D eigenvalue weighted by Crippen LogP contribution is -2.28. The van der Waals surface area contributed by atoms with Crippen LogP contribution in [0.3, 0.4) is 0 Å². The first-order valence-electron chi connectivity index (χ1n) is 11.2. The number of nitrogens with zero attached hydrogens (tertiary/aromatic N) is 2. The zero-order valence-corrected chi connectivity index (χ0v) is 19.6. The van der Waals surface area contributed by atoms with Gasteiger partial charge in [0.1, 0.15) is 11.4 Å². The Kier molecular flexibility index (Phi) is 7.26. The second-order valence-corrected chi connectivity index (χ2v) is 8.19. The molecule has 35 heavy (non-hydrogen) atoms. The molecule has 0 aliphatic rings. The number of amides is 1. The van der Waals surface area contributed by atoms with Gasteiger partial charge in [0, 0.05) is 19.0 Å². The molecule has 1 heterocycles. The van der Waals surface area contributed by atoms with Crippen molar-refractivity contribution in [3.8, 4) is 22.4 Å². The van der Waals surface area contributed by atoms with E-state index in [1.165, 1.54) is 4.90 Å². The van der Waals surface area contributed by atoms with Gasteiger partial charge in [-0.15, -0.1) is 0 Å². The molecule has 3 aromatic carbocycles. The van der Waals surface area contributed by atoms with E-state index in [0.717, 1.165) is 27.8 Å². The van der Waals surface area contributed by atoms with Crippen LogP contribution < -0.4 is 4.90 Å². The molecule has 1 amide bonds. The largest absolute Gasteiger partial charge is 0.481 e. The number of hydrogen-bond acceptors (Lipinski definition) is 5. The highest BCUT2D eigenvalue weighted by Crippen LogP contribution is 2.34. The second-order valence-electron chi connectivity index (χ2n) is 8.19. The van der Waals surface area contributed by atoms with E-state index in [1.807, 2.05) is 78.9 Å². The summed E-state index contributed by atoms with van der Waals surface area (Å²) < 4.78 is 10.9. The summed E-state index contributed by atoms with van der Waals surface area (Å²) in [6.07, 6.45) is 0.149. The smallest absolute Gasteiger partial charge is 0.414 e. The number of carboxylic acid groups (broad SMARTS) is 1. The quantitative estimate of drug-likeness (QED) is 0.352. The fourth-order valence-corrected chi connectivity index (χ4v) is 3.85. The van der Waals surface area contributed by atoms with Crippen LogP contribution in [0.2, 0.25) is 0 Å². The van der Waals surface area contributed by atoms with Gasteiger partial charge in [-0.3, -0.25) is 9.69 Å². The van der Waals surface area contributed by atoms with Crippen molar-refractivity contribution in [3.63, 3.8) is 0 Å². The lowest BCUT2D eigenvalue weighted by Gasteiger charge is -2.17. The molecule has 0 radical (unpaired) electrons. The molecule has 4 rings (SSSR count). The predicted octanol–water partition coefficient (Wildman–Crippen LogP) is 5.76. The van der Waals surface area contributed by atoms with Crippen LogP contribution in [0.5, 0.6) is 0 Å². The standard InChI is InChI=1S/C28H26N2O5/c1-19-27(30(2)28(33)34-17-16-20-6-4-3-5-7-20)26(29-35-19)24-14-12-23(13-15-24)22-10-8-21(9-11-22)18-25(31)32/h3-15H,16-18H2,1-2H3,(H,31,32). The van der Waals surface area contributed by atoms with Crippen LogP contribution in [0.4, 0.5) is 10.5 Å². The molecular weight excluding hydrogens is 444 g/mol. The summed E-state index contributed by atoms with van der Waals surface area (Å²) in [5.74, 6) is -0.341. The third-order valence-corrected chi connectivity index (χ3v) is 5.70. The van der Waals surface area contributed by atoms with Crippen molar-refractivity contribution in [1.29, 1.82) is 0 Å². The molecule has 4 aromatic rings. The maximum Gasteiger partial charge on any atom is 0.414 e. The number of carboxylic acids is 1. The molecule has 0 atom stereocenters. The first kappa shape index (κ1) is 23.8. The van der Waals surface area contributed by atoms with Crippen LogP contribution >= 0.6 is 0 Å². The third kappa shape index (κ3) is 5.76. The minimum Gasteiger partial charge on any atom is -0.481 e. The van der Waals surface area contributed by atoms with Gasteiger partial charge in [0.05, 0.1) is 13.0 Å². The van der Waals surface area contributed by atoms with Crippen molar-refractivity contribution in [2.45, 2.75) is 19.8 Å². The summed E-state index contributed by atoms with van der Waals surface area (Å²) in [5, 5.41) is 13.1. The van der Waals surface area contributed by atoms with Crippen molar-refractivity contribution in [2.75, 3.05) is 18.6 Å². The first-order chi connectivity index (χ1) is 16.9. The van der Waals surface area contributed by atoms with E-state index in [1.54, 1.807) is 14.0 Å². The van der Waals surface area contributed by atoms with E-state index < -0.39 is 12.1 Å². The summed E-state index contributed by atoms with van der Waals surface area (Å²) in [5.41, 5.74) is 5.70. The summed E-state index contributed by atoms with van der Waals surface area (Å²) in [6, 6.07) is 25.0. The number of anilines is 1. The summed E-state index contributed by atoms with van der Waals surface area (Å²) in [6.45, 7) is 2.03. The maximum absolute atomic E-state index is 12.7. The van der Waals surface area contributed by atoms with Gasteiger partial charge in [0.15, 0.2) is 5.76 Å². The number of hydrogen-bond donors (Lipinski definition) is 1. The third-order valence-electron chi connectivity index (χ3n) is 5.70. The minimum absolute atomic E-state index is 0.00425. The van der Waals surface area contributed by atoms with E-state index in [0.29, 0.717) is 23.6 Å².